The molecule has 1 N–H and O–H groups in total. The monoisotopic (exact) mass is 337 g/mol. The summed E-state index contributed by atoms with van der Waals surface area (Å²) in [7, 11) is 0. The number of amides is 1. The number of carbonyl (C=O) groups excluding carboxylic acids is 1. The third-order valence-corrected chi connectivity index (χ3v) is 3.87. The summed E-state index contributed by atoms with van der Waals surface area (Å²) in [5.74, 6) is -1.17. The molecule has 0 unspecified atom stereocenters. The van der Waals surface area contributed by atoms with Gasteiger partial charge in [0.15, 0.2) is 0 Å². The summed E-state index contributed by atoms with van der Waals surface area (Å²) in [4.78, 5) is 24.3. The third kappa shape index (κ3) is 3.78. The van der Waals surface area contributed by atoms with Crippen LogP contribution in [0.15, 0.2) is 42.5 Å². The van der Waals surface area contributed by atoms with Crippen LogP contribution in [0.5, 0.6) is 0 Å². The molecule has 2 aromatic rings. The van der Waals surface area contributed by atoms with Gasteiger partial charge in [-0.25, -0.2) is 4.79 Å². The number of aromatic carboxylic acids is 1. The first kappa shape index (κ1) is 16.3. The maximum Gasteiger partial charge on any atom is 0.335 e. The number of hydrogen-bond donors (Lipinski definition) is 1. The Balaban J connectivity index is 2.28. The van der Waals surface area contributed by atoms with Crippen LogP contribution in [0.4, 0.5) is 5.69 Å². The Kier molecular flexibility index (Phi) is 5.06. The van der Waals surface area contributed by atoms with Gasteiger partial charge in [-0.3, -0.25) is 4.79 Å². The van der Waals surface area contributed by atoms with Gasteiger partial charge in [-0.1, -0.05) is 29.3 Å². The number of halogens is 2. The topological polar surface area (TPSA) is 57.6 Å². The fraction of sp³-hybridized carbons (Fsp3) is 0.125. The van der Waals surface area contributed by atoms with E-state index in [1.807, 2.05) is 0 Å². The predicted octanol–water partition coefficient (Wildman–Crippen LogP) is 4.24. The Bertz CT molecular complexity index is 714. The van der Waals surface area contributed by atoms with E-state index in [-0.39, 0.29) is 11.5 Å². The van der Waals surface area contributed by atoms with E-state index < -0.39 is 5.97 Å². The molecule has 0 heterocycles. The van der Waals surface area contributed by atoms with E-state index in [1.165, 1.54) is 24.0 Å². The summed E-state index contributed by atoms with van der Waals surface area (Å²) in [6, 6.07) is 11.3. The van der Waals surface area contributed by atoms with Crippen LogP contribution in [0.2, 0.25) is 10.0 Å². The van der Waals surface area contributed by atoms with Gasteiger partial charge >= 0.3 is 5.97 Å². The highest BCUT2D eigenvalue weighted by molar-refractivity contribution is 6.42. The number of hydrogen-bond acceptors (Lipinski definition) is 2. The second kappa shape index (κ2) is 6.81. The van der Waals surface area contributed by atoms with E-state index in [4.69, 9.17) is 28.3 Å². The molecule has 4 nitrogen and oxygen atoms in total. The highest BCUT2D eigenvalue weighted by Gasteiger charge is 2.13. The Morgan fingerprint density at radius 3 is 2.18 bits per heavy atom. The maximum atomic E-state index is 11.9. The summed E-state index contributed by atoms with van der Waals surface area (Å²) >= 11 is 11.9. The minimum atomic E-state index is -1.01. The first-order valence-corrected chi connectivity index (χ1v) is 7.19. The summed E-state index contributed by atoms with van der Waals surface area (Å²) < 4.78 is 0. The fourth-order valence-corrected chi connectivity index (χ4v) is 2.31. The van der Waals surface area contributed by atoms with Crippen molar-refractivity contribution in [2.45, 2.75) is 13.5 Å². The van der Waals surface area contributed by atoms with Gasteiger partial charge in [0.05, 0.1) is 22.2 Å². The largest absolute Gasteiger partial charge is 0.478 e. The zero-order valence-electron chi connectivity index (χ0n) is 11.7. The smallest absolute Gasteiger partial charge is 0.335 e. The molecule has 0 atom stereocenters. The highest BCUT2D eigenvalue weighted by Crippen LogP contribution is 2.25. The normalized spacial score (nSPS) is 10.3. The summed E-state index contributed by atoms with van der Waals surface area (Å²) in [6.07, 6.45) is 0. The van der Waals surface area contributed by atoms with Crippen molar-refractivity contribution >= 4 is 40.8 Å². The van der Waals surface area contributed by atoms with Crippen molar-refractivity contribution in [1.82, 2.24) is 0 Å². The van der Waals surface area contributed by atoms with Crippen LogP contribution in [-0.2, 0) is 11.3 Å². The highest BCUT2D eigenvalue weighted by atomic mass is 35.5. The molecule has 114 valence electrons. The standard InChI is InChI=1S/C16H13Cl2NO3/c1-10(20)19(9-11-2-7-14(17)15(18)8-11)13-5-3-12(4-6-13)16(21)22/h2-8H,9H2,1H3,(H,21,22). The lowest BCUT2D eigenvalue weighted by atomic mass is 10.1. The van der Waals surface area contributed by atoms with E-state index in [0.717, 1.165) is 5.56 Å². The molecule has 0 saturated carbocycles. The molecule has 0 saturated heterocycles. The van der Waals surface area contributed by atoms with Crippen molar-refractivity contribution in [3.63, 3.8) is 0 Å². The molecule has 2 aromatic carbocycles. The lowest BCUT2D eigenvalue weighted by molar-refractivity contribution is -0.116. The molecule has 1 amide bonds. The first-order chi connectivity index (χ1) is 10.4. The van der Waals surface area contributed by atoms with E-state index in [2.05, 4.69) is 0 Å². The van der Waals surface area contributed by atoms with Crippen LogP contribution >= 0.6 is 23.2 Å². The van der Waals surface area contributed by atoms with Crippen molar-refractivity contribution in [2.24, 2.45) is 0 Å². The molecule has 0 aliphatic rings. The quantitative estimate of drug-likeness (QED) is 0.907. The van der Waals surface area contributed by atoms with Crippen molar-refractivity contribution in [1.29, 1.82) is 0 Å². The van der Waals surface area contributed by atoms with E-state index in [1.54, 1.807) is 30.3 Å². The van der Waals surface area contributed by atoms with Crippen molar-refractivity contribution in [3.8, 4) is 0 Å². The number of nitrogens with zero attached hydrogens (tertiary/aromatic N) is 1. The molecule has 0 aliphatic heterocycles. The molecule has 22 heavy (non-hydrogen) atoms. The van der Waals surface area contributed by atoms with Gasteiger partial charge in [0, 0.05) is 12.6 Å². The molecule has 0 fully saturated rings. The molecule has 0 bridgehead atoms. The zero-order valence-corrected chi connectivity index (χ0v) is 13.2. The molecular weight excluding hydrogens is 325 g/mol. The van der Waals surface area contributed by atoms with E-state index in [0.29, 0.717) is 22.3 Å². The van der Waals surface area contributed by atoms with E-state index >= 15 is 0 Å². The van der Waals surface area contributed by atoms with Crippen LogP contribution in [0.3, 0.4) is 0 Å². The summed E-state index contributed by atoms with van der Waals surface area (Å²) in [5.41, 5.74) is 1.61. The van der Waals surface area contributed by atoms with Gasteiger partial charge in [0.2, 0.25) is 5.91 Å². The Morgan fingerprint density at radius 1 is 1.05 bits per heavy atom. The van der Waals surface area contributed by atoms with Crippen LogP contribution in [0.1, 0.15) is 22.8 Å². The Morgan fingerprint density at radius 2 is 1.68 bits per heavy atom. The maximum absolute atomic E-state index is 11.9. The van der Waals surface area contributed by atoms with Crippen molar-refractivity contribution < 1.29 is 14.7 Å². The minimum Gasteiger partial charge on any atom is -0.478 e. The molecule has 0 aromatic heterocycles. The van der Waals surface area contributed by atoms with Crippen molar-refractivity contribution in [3.05, 3.63) is 63.6 Å². The zero-order chi connectivity index (χ0) is 16.3. The third-order valence-electron chi connectivity index (χ3n) is 3.13. The molecule has 2 rings (SSSR count). The minimum absolute atomic E-state index is 0.158. The van der Waals surface area contributed by atoms with Crippen LogP contribution in [0.25, 0.3) is 0 Å². The number of rotatable bonds is 4. The first-order valence-electron chi connectivity index (χ1n) is 6.44. The number of carboxylic acids is 1. The molecule has 0 radical (unpaired) electrons. The van der Waals surface area contributed by atoms with E-state index in [9.17, 15) is 9.59 Å². The fourth-order valence-electron chi connectivity index (χ4n) is 1.99. The molecule has 0 aliphatic carbocycles. The summed E-state index contributed by atoms with van der Waals surface area (Å²) in [5, 5.41) is 9.78. The van der Waals surface area contributed by atoms with Gasteiger partial charge in [-0.2, -0.15) is 0 Å². The average molecular weight is 338 g/mol. The number of anilines is 1. The van der Waals surface area contributed by atoms with Crippen molar-refractivity contribution in [2.75, 3.05) is 4.90 Å². The van der Waals surface area contributed by atoms with Crippen LogP contribution < -0.4 is 4.90 Å². The van der Waals surface area contributed by atoms with Gasteiger partial charge in [0.25, 0.3) is 0 Å². The number of benzene rings is 2. The average Bonchev–Trinajstić information content (AvgIpc) is 2.48. The second-order valence-electron chi connectivity index (χ2n) is 4.71. The lowest BCUT2D eigenvalue weighted by Crippen LogP contribution is -2.27. The summed E-state index contributed by atoms with van der Waals surface area (Å²) in [6.45, 7) is 1.77. The number of carboxylic acid groups (broad SMARTS) is 1. The lowest BCUT2D eigenvalue weighted by Gasteiger charge is -2.21. The van der Waals surface area contributed by atoms with Gasteiger partial charge in [-0.15, -0.1) is 0 Å². The Hall–Kier alpha value is -2.04. The molecular formula is C16H13Cl2NO3. The van der Waals surface area contributed by atoms with Gasteiger partial charge in [-0.05, 0) is 42.0 Å². The second-order valence-corrected chi connectivity index (χ2v) is 5.52. The van der Waals surface area contributed by atoms with Crippen LogP contribution in [-0.4, -0.2) is 17.0 Å². The predicted molar refractivity (Wildman–Crippen MR) is 86.7 cm³/mol. The number of carbonyl (C=O) groups is 2. The SMILES string of the molecule is CC(=O)N(Cc1ccc(Cl)c(Cl)c1)c1ccc(C(=O)O)cc1. The van der Waals surface area contributed by atoms with Gasteiger partial charge < -0.3 is 10.0 Å². The van der Waals surface area contributed by atoms with Gasteiger partial charge in [0.1, 0.15) is 0 Å². The Labute approximate surface area is 137 Å². The van der Waals surface area contributed by atoms with Crippen LogP contribution in [0, 0.1) is 0 Å². The molecule has 6 heteroatoms. The molecule has 0 spiro atoms.